The molecular formula is C19H14O2S2. The fourth-order valence-electron chi connectivity index (χ4n) is 2.09. The van der Waals surface area contributed by atoms with E-state index in [1.165, 1.54) is 11.8 Å². The maximum atomic E-state index is 11.6. The lowest BCUT2D eigenvalue weighted by Crippen LogP contribution is -1.99. The first-order valence-electron chi connectivity index (χ1n) is 7.06. The standard InChI is InChI=1S/C19H14O2S2/c20-19(21)16-12-7-13-17(22-14-8-3-1-4-9-14)18(16)23-15-10-5-2-6-11-15/h1-13H,(H,20,21). The van der Waals surface area contributed by atoms with Gasteiger partial charge in [-0.25, -0.2) is 4.79 Å². The van der Waals surface area contributed by atoms with E-state index in [4.69, 9.17) is 0 Å². The van der Waals surface area contributed by atoms with Crippen LogP contribution in [-0.4, -0.2) is 11.1 Å². The van der Waals surface area contributed by atoms with Gasteiger partial charge in [0.2, 0.25) is 0 Å². The molecule has 3 rings (SSSR count). The van der Waals surface area contributed by atoms with Gasteiger partial charge >= 0.3 is 5.97 Å². The van der Waals surface area contributed by atoms with Gasteiger partial charge in [-0.2, -0.15) is 0 Å². The number of carbonyl (C=O) groups is 1. The molecule has 0 saturated carbocycles. The minimum atomic E-state index is -0.904. The van der Waals surface area contributed by atoms with Crippen molar-refractivity contribution in [1.29, 1.82) is 0 Å². The van der Waals surface area contributed by atoms with E-state index >= 15 is 0 Å². The first kappa shape index (κ1) is 15.7. The van der Waals surface area contributed by atoms with E-state index in [2.05, 4.69) is 0 Å². The fraction of sp³-hybridized carbons (Fsp3) is 0. The highest BCUT2D eigenvalue weighted by molar-refractivity contribution is 8.02. The molecule has 3 aromatic rings. The number of hydrogen-bond acceptors (Lipinski definition) is 3. The molecule has 1 N–H and O–H groups in total. The topological polar surface area (TPSA) is 37.3 Å². The lowest BCUT2D eigenvalue weighted by molar-refractivity contribution is 0.0692. The highest BCUT2D eigenvalue weighted by Gasteiger charge is 2.16. The number of carboxylic acids is 1. The van der Waals surface area contributed by atoms with Crippen LogP contribution in [0.4, 0.5) is 0 Å². The highest BCUT2D eigenvalue weighted by Crippen LogP contribution is 2.40. The van der Waals surface area contributed by atoms with E-state index in [1.807, 2.05) is 66.7 Å². The molecular weight excluding hydrogens is 324 g/mol. The summed E-state index contributed by atoms with van der Waals surface area (Å²) in [6.45, 7) is 0. The van der Waals surface area contributed by atoms with Crippen molar-refractivity contribution in [2.24, 2.45) is 0 Å². The average molecular weight is 338 g/mol. The summed E-state index contributed by atoms with van der Waals surface area (Å²) in [5, 5.41) is 9.51. The smallest absolute Gasteiger partial charge is 0.336 e. The Morgan fingerprint density at radius 2 is 1.26 bits per heavy atom. The molecule has 0 atom stereocenters. The van der Waals surface area contributed by atoms with Crippen molar-refractivity contribution in [3.8, 4) is 0 Å². The third-order valence-corrected chi connectivity index (χ3v) is 5.49. The Balaban J connectivity index is 2.01. The van der Waals surface area contributed by atoms with Crippen molar-refractivity contribution in [3.63, 3.8) is 0 Å². The van der Waals surface area contributed by atoms with Crippen LogP contribution in [0.2, 0.25) is 0 Å². The van der Waals surface area contributed by atoms with Gasteiger partial charge in [0, 0.05) is 19.6 Å². The zero-order chi connectivity index (χ0) is 16.1. The van der Waals surface area contributed by atoms with E-state index in [1.54, 1.807) is 23.9 Å². The van der Waals surface area contributed by atoms with Crippen molar-refractivity contribution in [3.05, 3.63) is 84.4 Å². The van der Waals surface area contributed by atoms with Gasteiger partial charge in [0.05, 0.1) is 5.56 Å². The predicted molar refractivity (Wildman–Crippen MR) is 94.5 cm³/mol. The molecule has 0 aromatic heterocycles. The zero-order valence-corrected chi connectivity index (χ0v) is 13.8. The monoisotopic (exact) mass is 338 g/mol. The van der Waals surface area contributed by atoms with Crippen LogP contribution in [0.15, 0.2) is 98.4 Å². The zero-order valence-electron chi connectivity index (χ0n) is 12.2. The molecule has 0 spiro atoms. The molecule has 23 heavy (non-hydrogen) atoms. The molecule has 0 saturated heterocycles. The summed E-state index contributed by atoms with van der Waals surface area (Å²) in [7, 11) is 0. The summed E-state index contributed by atoms with van der Waals surface area (Å²) >= 11 is 3.07. The van der Waals surface area contributed by atoms with Crippen LogP contribution < -0.4 is 0 Å². The first-order valence-corrected chi connectivity index (χ1v) is 8.69. The molecule has 3 aromatic carbocycles. The molecule has 0 amide bonds. The van der Waals surface area contributed by atoms with Gasteiger partial charge < -0.3 is 5.11 Å². The van der Waals surface area contributed by atoms with Crippen molar-refractivity contribution < 1.29 is 9.90 Å². The number of benzene rings is 3. The van der Waals surface area contributed by atoms with Gasteiger partial charge in [-0.3, -0.25) is 0 Å². The summed E-state index contributed by atoms with van der Waals surface area (Å²) in [4.78, 5) is 15.4. The molecule has 0 aliphatic heterocycles. The van der Waals surface area contributed by atoms with Gasteiger partial charge in [-0.1, -0.05) is 66.0 Å². The van der Waals surface area contributed by atoms with E-state index in [9.17, 15) is 9.90 Å². The molecule has 0 fully saturated rings. The third kappa shape index (κ3) is 3.97. The van der Waals surface area contributed by atoms with Crippen LogP contribution in [0.25, 0.3) is 0 Å². The number of aromatic carboxylic acids is 1. The normalized spacial score (nSPS) is 10.4. The average Bonchev–Trinajstić information content (AvgIpc) is 2.58. The minimum Gasteiger partial charge on any atom is -0.478 e. The maximum Gasteiger partial charge on any atom is 0.336 e. The summed E-state index contributed by atoms with van der Waals surface area (Å²) in [5.74, 6) is -0.904. The van der Waals surface area contributed by atoms with Crippen molar-refractivity contribution in [2.75, 3.05) is 0 Å². The molecule has 4 heteroatoms. The van der Waals surface area contributed by atoms with Crippen LogP contribution in [0.3, 0.4) is 0 Å². The molecule has 0 bridgehead atoms. The Morgan fingerprint density at radius 3 is 1.83 bits per heavy atom. The summed E-state index contributed by atoms with van der Waals surface area (Å²) in [5.41, 5.74) is 0.333. The molecule has 0 heterocycles. The minimum absolute atomic E-state index is 0.333. The number of hydrogen-bond donors (Lipinski definition) is 1. The van der Waals surface area contributed by atoms with Gasteiger partial charge in [0.25, 0.3) is 0 Å². The second kappa shape index (κ2) is 7.40. The van der Waals surface area contributed by atoms with Gasteiger partial charge in [0.1, 0.15) is 0 Å². The predicted octanol–water partition coefficient (Wildman–Crippen LogP) is 5.69. The van der Waals surface area contributed by atoms with Crippen molar-refractivity contribution in [1.82, 2.24) is 0 Å². The molecule has 0 unspecified atom stereocenters. The maximum absolute atomic E-state index is 11.6. The Labute approximate surface area is 143 Å². The molecule has 0 aliphatic carbocycles. The quantitative estimate of drug-likeness (QED) is 0.649. The lowest BCUT2D eigenvalue weighted by atomic mass is 10.2. The van der Waals surface area contributed by atoms with Crippen LogP contribution in [0.1, 0.15) is 10.4 Å². The molecule has 0 radical (unpaired) electrons. The second-order valence-electron chi connectivity index (χ2n) is 4.77. The van der Waals surface area contributed by atoms with E-state index in [-0.39, 0.29) is 0 Å². The van der Waals surface area contributed by atoms with Gasteiger partial charge in [0.15, 0.2) is 0 Å². The van der Waals surface area contributed by atoms with Crippen LogP contribution in [0.5, 0.6) is 0 Å². The first-order chi connectivity index (χ1) is 11.2. The Morgan fingerprint density at radius 1 is 0.696 bits per heavy atom. The Hall–Kier alpha value is -2.17. The fourth-order valence-corrected chi connectivity index (χ4v) is 4.20. The lowest BCUT2D eigenvalue weighted by Gasteiger charge is -2.12. The van der Waals surface area contributed by atoms with Crippen LogP contribution in [0, 0.1) is 0 Å². The van der Waals surface area contributed by atoms with E-state index in [0.717, 1.165) is 19.6 Å². The summed E-state index contributed by atoms with van der Waals surface area (Å²) in [6.07, 6.45) is 0. The summed E-state index contributed by atoms with van der Waals surface area (Å²) in [6, 6.07) is 25.2. The van der Waals surface area contributed by atoms with Crippen molar-refractivity contribution >= 4 is 29.5 Å². The van der Waals surface area contributed by atoms with E-state index < -0.39 is 5.97 Å². The van der Waals surface area contributed by atoms with E-state index in [0.29, 0.717) is 5.56 Å². The third-order valence-electron chi connectivity index (χ3n) is 3.14. The van der Waals surface area contributed by atoms with Gasteiger partial charge in [-0.05, 0) is 36.4 Å². The SMILES string of the molecule is O=C(O)c1cccc(Sc2ccccc2)c1Sc1ccccc1. The van der Waals surface area contributed by atoms with Crippen LogP contribution >= 0.6 is 23.5 Å². The Kier molecular flexibility index (Phi) is 5.05. The van der Waals surface area contributed by atoms with Crippen LogP contribution in [-0.2, 0) is 0 Å². The molecule has 114 valence electrons. The molecule has 0 aliphatic rings. The summed E-state index contributed by atoms with van der Waals surface area (Å²) < 4.78 is 0. The number of carboxylic acid groups (broad SMARTS) is 1. The van der Waals surface area contributed by atoms with Crippen molar-refractivity contribution in [2.45, 2.75) is 19.6 Å². The molecule has 2 nitrogen and oxygen atoms in total. The largest absolute Gasteiger partial charge is 0.478 e. The van der Waals surface area contributed by atoms with Gasteiger partial charge in [-0.15, -0.1) is 0 Å². The highest BCUT2D eigenvalue weighted by atomic mass is 32.2. The number of rotatable bonds is 5. The second-order valence-corrected chi connectivity index (χ2v) is 6.97. The Bertz CT molecular complexity index is 802.